The van der Waals surface area contributed by atoms with Gasteiger partial charge in [-0.1, -0.05) is 35.4 Å². The largest absolute Gasteiger partial charge is 0.491 e. The number of amides is 1. The number of halogens is 1. The molecular weight excluding hydrogens is 400 g/mol. The van der Waals surface area contributed by atoms with Crippen molar-refractivity contribution in [3.8, 4) is 5.75 Å². The maximum Gasteiger partial charge on any atom is 0.243 e. The van der Waals surface area contributed by atoms with Crippen molar-refractivity contribution in [3.05, 3.63) is 58.6 Å². The monoisotopic (exact) mass is 424 g/mol. The first-order valence-corrected chi connectivity index (χ1v) is 11.0. The van der Waals surface area contributed by atoms with Gasteiger partial charge in [0, 0.05) is 5.02 Å². The first-order valence-electron chi connectivity index (χ1n) is 8.82. The van der Waals surface area contributed by atoms with Crippen molar-refractivity contribution >= 4 is 33.2 Å². The summed E-state index contributed by atoms with van der Waals surface area (Å²) in [4.78, 5) is 12.5. The maximum absolute atomic E-state index is 12.5. The van der Waals surface area contributed by atoms with Gasteiger partial charge < -0.3 is 10.1 Å². The molecule has 0 aromatic heterocycles. The predicted octanol–water partition coefficient (Wildman–Crippen LogP) is 3.31. The van der Waals surface area contributed by atoms with Gasteiger partial charge in [-0.05, 0) is 50.6 Å². The van der Waals surface area contributed by atoms with E-state index in [1.165, 1.54) is 13.0 Å². The number of anilines is 1. The molecule has 0 heterocycles. The van der Waals surface area contributed by atoms with E-state index in [1.807, 2.05) is 32.0 Å². The number of ether oxygens (including phenoxy) is 1. The van der Waals surface area contributed by atoms with E-state index in [0.29, 0.717) is 10.7 Å². The van der Waals surface area contributed by atoms with Crippen molar-refractivity contribution in [3.63, 3.8) is 0 Å². The lowest BCUT2D eigenvalue weighted by Crippen LogP contribution is -2.48. The molecule has 0 spiro atoms. The summed E-state index contributed by atoms with van der Waals surface area (Å²) in [5.74, 6) is 0.333. The molecule has 0 fully saturated rings. The molecule has 0 saturated carbocycles. The van der Waals surface area contributed by atoms with Crippen molar-refractivity contribution in [2.45, 2.75) is 26.8 Å². The Morgan fingerprint density at radius 3 is 2.54 bits per heavy atom. The fraction of sp³-hybridized carbons (Fsp3) is 0.350. The number of hydrogen-bond acceptors (Lipinski definition) is 4. The van der Waals surface area contributed by atoms with Crippen LogP contribution < -0.4 is 14.4 Å². The first kappa shape index (κ1) is 22.0. The zero-order chi connectivity index (χ0) is 20.9. The van der Waals surface area contributed by atoms with E-state index in [0.717, 1.165) is 27.4 Å². The van der Waals surface area contributed by atoms with Crippen molar-refractivity contribution < 1.29 is 17.9 Å². The molecule has 6 nitrogen and oxygen atoms in total. The van der Waals surface area contributed by atoms with Crippen LogP contribution in [-0.2, 0) is 14.8 Å². The molecule has 152 valence electrons. The average Bonchev–Trinajstić information content (AvgIpc) is 2.59. The van der Waals surface area contributed by atoms with Crippen molar-refractivity contribution in [1.29, 1.82) is 0 Å². The fourth-order valence-corrected chi connectivity index (χ4v) is 4.22. The van der Waals surface area contributed by atoms with Gasteiger partial charge in [0.2, 0.25) is 15.9 Å². The lowest BCUT2D eigenvalue weighted by molar-refractivity contribution is -0.121. The first-order chi connectivity index (χ1) is 13.1. The van der Waals surface area contributed by atoms with Crippen LogP contribution in [0, 0.1) is 13.8 Å². The Kier molecular flexibility index (Phi) is 7.32. The second-order valence-corrected chi connectivity index (χ2v) is 8.92. The minimum Gasteiger partial charge on any atom is -0.491 e. The van der Waals surface area contributed by atoms with Crippen LogP contribution >= 0.6 is 11.6 Å². The summed E-state index contributed by atoms with van der Waals surface area (Å²) in [7, 11) is -3.68. The molecule has 2 aromatic carbocycles. The van der Waals surface area contributed by atoms with E-state index < -0.39 is 22.0 Å². The van der Waals surface area contributed by atoms with Gasteiger partial charge in [-0.2, -0.15) is 0 Å². The third kappa shape index (κ3) is 5.87. The number of benzene rings is 2. The number of aryl methyl sites for hydroxylation is 2. The zero-order valence-electron chi connectivity index (χ0n) is 16.4. The van der Waals surface area contributed by atoms with E-state index in [9.17, 15) is 13.2 Å². The Labute approximate surface area is 171 Å². The minimum atomic E-state index is -3.68. The molecule has 2 aromatic rings. The number of nitrogens with one attached hydrogen (secondary N) is 1. The van der Waals surface area contributed by atoms with Crippen LogP contribution in [0.25, 0.3) is 0 Å². The van der Waals surface area contributed by atoms with Crippen molar-refractivity contribution in [1.82, 2.24) is 5.32 Å². The number of carbonyl (C=O) groups excluding carboxylic acids is 1. The normalized spacial score (nSPS) is 12.3. The molecule has 0 unspecified atom stereocenters. The van der Waals surface area contributed by atoms with Gasteiger partial charge >= 0.3 is 0 Å². The smallest absolute Gasteiger partial charge is 0.243 e. The van der Waals surface area contributed by atoms with Crippen LogP contribution in [0.4, 0.5) is 5.69 Å². The molecular formula is C20H25ClN2O4S. The second kappa shape index (κ2) is 9.30. The number of carbonyl (C=O) groups is 1. The molecule has 1 amide bonds. The molecule has 0 saturated heterocycles. The van der Waals surface area contributed by atoms with Crippen molar-refractivity contribution in [2.75, 3.05) is 23.7 Å². The topological polar surface area (TPSA) is 75.7 Å². The number of sulfonamides is 1. The molecule has 8 heteroatoms. The average molecular weight is 425 g/mol. The van der Waals surface area contributed by atoms with Gasteiger partial charge in [0.05, 0.1) is 18.5 Å². The van der Waals surface area contributed by atoms with Gasteiger partial charge in [0.25, 0.3) is 0 Å². The highest BCUT2D eigenvalue weighted by Gasteiger charge is 2.29. The summed E-state index contributed by atoms with van der Waals surface area (Å²) >= 11 is 5.97. The summed E-state index contributed by atoms with van der Waals surface area (Å²) in [5.41, 5.74) is 2.50. The minimum absolute atomic E-state index is 0.254. The fourth-order valence-electron chi connectivity index (χ4n) is 2.87. The summed E-state index contributed by atoms with van der Waals surface area (Å²) < 4.78 is 31.2. The molecule has 0 bridgehead atoms. The van der Waals surface area contributed by atoms with Crippen LogP contribution in [0.2, 0.25) is 5.02 Å². The molecule has 2 rings (SSSR count). The van der Waals surface area contributed by atoms with Crippen molar-refractivity contribution in [2.24, 2.45) is 0 Å². The van der Waals surface area contributed by atoms with Gasteiger partial charge in [0.1, 0.15) is 18.4 Å². The SMILES string of the molecule is Cc1ccc(OCCNC(=O)[C@H](C)N(c2cccc(Cl)c2)S(C)(=O)=O)c(C)c1. The maximum atomic E-state index is 12.5. The Hall–Kier alpha value is -2.25. The Morgan fingerprint density at radius 1 is 1.21 bits per heavy atom. The van der Waals surface area contributed by atoms with E-state index in [1.54, 1.807) is 18.2 Å². The third-order valence-corrected chi connectivity index (χ3v) is 5.62. The van der Waals surface area contributed by atoms with E-state index in [-0.39, 0.29) is 13.2 Å². The van der Waals surface area contributed by atoms with Crippen LogP contribution in [0.5, 0.6) is 5.75 Å². The molecule has 1 N–H and O–H groups in total. The van der Waals surface area contributed by atoms with Gasteiger partial charge in [-0.3, -0.25) is 9.10 Å². The highest BCUT2D eigenvalue weighted by molar-refractivity contribution is 7.92. The molecule has 0 aliphatic heterocycles. The molecule has 0 aliphatic rings. The summed E-state index contributed by atoms with van der Waals surface area (Å²) in [6.07, 6.45) is 1.06. The van der Waals surface area contributed by atoms with Gasteiger partial charge in [0.15, 0.2) is 0 Å². The molecule has 1 atom stereocenters. The van der Waals surface area contributed by atoms with Crippen LogP contribution in [0.1, 0.15) is 18.1 Å². The van der Waals surface area contributed by atoms with Crippen LogP contribution in [0.15, 0.2) is 42.5 Å². The zero-order valence-corrected chi connectivity index (χ0v) is 18.0. The summed E-state index contributed by atoms with van der Waals surface area (Å²) in [6.45, 7) is 6.02. The van der Waals surface area contributed by atoms with E-state index in [4.69, 9.17) is 16.3 Å². The lowest BCUT2D eigenvalue weighted by Gasteiger charge is -2.28. The highest BCUT2D eigenvalue weighted by atomic mass is 35.5. The number of nitrogens with zero attached hydrogens (tertiary/aromatic N) is 1. The Balaban J connectivity index is 1.99. The van der Waals surface area contributed by atoms with E-state index in [2.05, 4.69) is 5.32 Å². The number of rotatable bonds is 8. The number of hydrogen-bond donors (Lipinski definition) is 1. The Morgan fingerprint density at radius 2 is 1.93 bits per heavy atom. The second-order valence-electron chi connectivity index (χ2n) is 6.62. The predicted molar refractivity (Wildman–Crippen MR) is 113 cm³/mol. The highest BCUT2D eigenvalue weighted by Crippen LogP contribution is 2.24. The standard InChI is InChI=1S/C20H25ClN2O4S/c1-14-8-9-19(15(2)12-14)27-11-10-22-20(24)16(3)23(28(4,25)26)18-7-5-6-17(21)13-18/h5-9,12-13,16H,10-11H2,1-4H3,(H,22,24)/t16-/m0/s1. The molecule has 0 aliphatic carbocycles. The van der Waals surface area contributed by atoms with E-state index >= 15 is 0 Å². The van der Waals surface area contributed by atoms with Crippen LogP contribution in [-0.4, -0.2) is 39.8 Å². The van der Waals surface area contributed by atoms with Gasteiger partial charge in [-0.25, -0.2) is 8.42 Å². The Bertz CT molecular complexity index is 947. The lowest BCUT2D eigenvalue weighted by atomic mass is 10.1. The quantitative estimate of drug-likeness (QED) is 0.659. The van der Waals surface area contributed by atoms with Crippen LogP contribution in [0.3, 0.4) is 0 Å². The third-order valence-electron chi connectivity index (χ3n) is 4.14. The summed E-state index contributed by atoms with van der Waals surface area (Å²) in [6, 6.07) is 11.3. The molecule has 28 heavy (non-hydrogen) atoms. The van der Waals surface area contributed by atoms with Gasteiger partial charge in [-0.15, -0.1) is 0 Å². The molecule has 0 radical (unpaired) electrons. The summed E-state index contributed by atoms with van der Waals surface area (Å²) in [5, 5.41) is 3.11.